The molecule has 0 saturated carbocycles. The number of aromatic nitrogens is 1. The molecule has 3 aromatic rings. The fraction of sp³-hybridized carbons (Fsp3) is 0.0667. The van der Waals surface area contributed by atoms with E-state index < -0.39 is 11.7 Å². The molecule has 0 aliphatic rings. The van der Waals surface area contributed by atoms with E-state index in [1.807, 2.05) is 30.5 Å². The highest BCUT2D eigenvalue weighted by Crippen LogP contribution is 2.33. The van der Waals surface area contributed by atoms with E-state index in [2.05, 4.69) is 4.98 Å². The van der Waals surface area contributed by atoms with Crippen molar-refractivity contribution in [3.05, 3.63) is 60.3 Å². The van der Waals surface area contributed by atoms with Gasteiger partial charge in [-0.1, -0.05) is 30.3 Å². The Balaban J connectivity index is 2.07. The quantitative estimate of drug-likeness (QED) is 0.644. The molecule has 4 heteroatoms. The molecule has 1 aromatic heterocycles. The Morgan fingerprint density at radius 2 is 1.53 bits per heavy atom. The number of alkyl halides is 3. The lowest BCUT2D eigenvalue weighted by atomic mass is 10.0. The summed E-state index contributed by atoms with van der Waals surface area (Å²) in [6.45, 7) is 0. The van der Waals surface area contributed by atoms with Crippen molar-refractivity contribution in [3.63, 3.8) is 0 Å². The third-order valence-corrected chi connectivity index (χ3v) is 3.11. The number of nitrogens with one attached hydrogen (secondary N) is 1. The van der Waals surface area contributed by atoms with Crippen LogP contribution < -0.4 is 0 Å². The summed E-state index contributed by atoms with van der Waals surface area (Å²) in [7, 11) is 0. The minimum absolute atomic E-state index is 0.629. The van der Waals surface area contributed by atoms with E-state index in [0.717, 1.165) is 34.2 Å². The fourth-order valence-corrected chi connectivity index (χ4v) is 2.15. The average molecular weight is 261 g/mol. The van der Waals surface area contributed by atoms with Gasteiger partial charge in [0.05, 0.1) is 5.56 Å². The standard InChI is InChI=1S/C15H10F3N/c16-15(17,18)11-7-5-10(6-8-11)13-9-19-14-4-2-1-3-12(13)14/h1-9,19H. The number of rotatable bonds is 1. The predicted octanol–water partition coefficient (Wildman–Crippen LogP) is 4.85. The van der Waals surface area contributed by atoms with E-state index in [1.165, 1.54) is 12.1 Å². The van der Waals surface area contributed by atoms with E-state index in [1.54, 1.807) is 0 Å². The second-order valence-electron chi connectivity index (χ2n) is 4.32. The molecule has 0 radical (unpaired) electrons. The van der Waals surface area contributed by atoms with E-state index in [-0.39, 0.29) is 0 Å². The Kier molecular flexibility index (Phi) is 2.59. The first-order valence-electron chi connectivity index (χ1n) is 5.79. The second-order valence-corrected chi connectivity index (χ2v) is 4.32. The molecule has 19 heavy (non-hydrogen) atoms. The van der Waals surface area contributed by atoms with Crippen LogP contribution in [0.2, 0.25) is 0 Å². The van der Waals surface area contributed by atoms with Crippen molar-refractivity contribution in [2.45, 2.75) is 6.18 Å². The zero-order valence-electron chi connectivity index (χ0n) is 9.83. The Morgan fingerprint density at radius 3 is 2.21 bits per heavy atom. The zero-order chi connectivity index (χ0) is 13.5. The molecule has 1 heterocycles. The number of hydrogen-bond acceptors (Lipinski definition) is 0. The molecule has 0 aliphatic carbocycles. The van der Waals surface area contributed by atoms with Crippen molar-refractivity contribution in [2.24, 2.45) is 0 Å². The van der Waals surface area contributed by atoms with E-state index in [4.69, 9.17) is 0 Å². The largest absolute Gasteiger partial charge is 0.416 e. The lowest BCUT2D eigenvalue weighted by molar-refractivity contribution is -0.137. The molecule has 3 rings (SSSR count). The van der Waals surface area contributed by atoms with Gasteiger partial charge in [-0.2, -0.15) is 13.2 Å². The van der Waals surface area contributed by atoms with Crippen molar-refractivity contribution < 1.29 is 13.2 Å². The SMILES string of the molecule is FC(F)(F)c1ccc(-c2c[nH]c3ccccc23)cc1. The molecule has 0 atom stereocenters. The molecule has 0 amide bonds. The molecule has 0 saturated heterocycles. The number of halogens is 3. The monoisotopic (exact) mass is 261 g/mol. The van der Waals surface area contributed by atoms with Gasteiger partial charge in [0.1, 0.15) is 0 Å². The van der Waals surface area contributed by atoms with Crippen molar-refractivity contribution in [2.75, 3.05) is 0 Å². The molecule has 0 aliphatic heterocycles. The van der Waals surface area contributed by atoms with Gasteiger partial charge in [0.25, 0.3) is 0 Å². The molecule has 0 unspecified atom stereocenters. The van der Waals surface area contributed by atoms with Crippen LogP contribution in [0.25, 0.3) is 22.0 Å². The minimum atomic E-state index is -4.29. The lowest BCUT2D eigenvalue weighted by Gasteiger charge is -2.07. The molecule has 1 nitrogen and oxygen atoms in total. The average Bonchev–Trinajstić information content (AvgIpc) is 2.82. The van der Waals surface area contributed by atoms with E-state index in [9.17, 15) is 13.2 Å². The van der Waals surface area contributed by atoms with Gasteiger partial charge in [-0.05, 0) is 23.8 Å². The Hall–Kier alpha value is -2.23. The van der Waals surface area contributed by atoms with Gasteiger partial charge in [-0.3, -0.25) is 0 Å². The first-order chi connectivity index (χ1) is 9.05. The highest BCUT2D eigenvalue weighted by atomic mass is 19.4. The van der Waals surface area contributed by atoms with Gasteiger partial charge in [-0.25, -0.2) is 0 Å². The van der Waals surface area contributed by atoms with E-state index in [0.29, 0.717) is 0 Å². The van der Waals surface area contributed by atoms with Gasteiger partial charge in [0.2, 0.25) is 0 Å². The van der Waals surface area contributed by atoms with Crippen LogP contribution in [0.4, 0.5) is 13.2 Å². The highest BCUT2D eigenvalue weighted by Gasteiger charge is 2.30. The van der Waals surface area contributed by atoms with Crippen LogP contribution >= 0.6 is 0 Å². The number of hydrogen-bond donors (Lipinski definition) is 1. The van der Waals surface area contributed by atoms with Crippen molar-refractivity contribution in [3.8, 4) is 11.1 Å². The first-order valence-corrected chi connectivity index (χ1v) is 5.79. The van der Waals surface area contributed by atoms with Crippen LogP contribution in [-0.2, 0) is 6.18 Å². The topological polar surface area (TPSA) is 15.8 Å². The third-order valence-electron chi connectivity index (χ3n) is 3.11. The molecular formula is C15H10F3N. The smallest absolute Gasteiger partial charge is 0.361 e. The van der Waals surface area contributed by atoms with Crippen LogP contribution in [0.3, 0.4) is 0 Å². The zero-order valence-corrected chi connectivity index (χ0v) is 9.83. The summed E-state index contributed by atoms with van der Waals surface area (Å²) in [5.74, 6) is 0. The van der Waals surface area contributed by atoms with Gasteiger partial charge >= 0.3 is 6.18 Å². The molecule has 0 bridgehead atoms. The summed E-state index contributed by atoms with van der Waals surface area (Å²) >= 11 is 0. The van der Waals surface area contributed by atoms with Gasteiger partial charge in [0, 0.05) is 22.7 Å². The van der Waals surface area contributed by atoms with Gasteiger partial charge < -0.3 is 4.98 Å². The van der Waals surface area contributed by atoms with Crippen molar-refractivity contribution >= 4 is 10.9 Å². The van der Waals surface area contributed by atoms with Gasteiger partial charge in [-0.15, -0.1) is 0 Å². The summed E-state index contributed by atoms with van der Waals surface area (Å²) in [6.07, 6.45) is -2.48. The summed E-state index contributed by atoms with van der Waals surface area (Å²) in [5.41, 5.74) is 2.02. The van der Waals surface area contributed by atoms with Crippen molar-refractivity contribution in [1.29, 1.82) is 0 Å². The molecular weight excluding hydrogens is 251 g/mol. The van der Waals surface area contributed by atoms with Crippen LogP contribution in [0, 0.1) is 0 Å². The Bertz CT molecular complexity index is 708. The third kappa shape index (κ3) is 2.10. The summed E-state index contributed by atoms with van der Waals surface area (Å²) in [6, 6.07) is 12.9. The summed E-state index contributed by atoms with van der Waals surface area (Å²) in [4.78, 5) is 3.11. The number of benzene rings is 2. The Labute approximate surface area is 107 Å². The van der Waals surface area contributed by atoms with Crippen molar-refractivity contribution in [1.82, 2.24) is 4.98 Å². The normalized spacial score (nSPS) is 11.9. The van der Waals surface area contributed by atoms with Crippen LogP contribution in [0.15, 0.2) is 54.7 Å². The molecule has 0 spiro atoms. The fourth-order valence-electron chi connectivity index (χ4n) is 2.15. The summed E-state index contributed by atoms with van der Waals surface area (Å²) < 4.78 is 37.5. The predicted molar refractivity (Wildman–Crippen MR) is 68.7 cm³/mol. The first kappa shape index (κ1) is 11.8. The van der Waals surface area contributed by atoms with Crippen LogP contribution in [-0.4, -0.2) is 4.98 Å². The van der Waals surface area contributed by atoms with E-state index >= 15 is 0 Å². The minimum Gasteiger partial charge on any atom is -0.361 e. The number of para-hydroxylation sites is 1. The van der Waals surface area contributed by atoms with Gasteiger partial charge in [0.15, 0.2) is 0 Å². The maximum atomic E-state index is 12.5. The maximum Gasteiger partial charge on any atom is 0.416 e. The van der Waals surface area contributed by atoms with Crippen LogP contribution in [0.1, 0.15) is 5.56 Å². The molecule has 96 valence electrons. The Morgan fingerprint density at radius 1 is 0.842 bits per heavy atom. The second kappa shape index (κ2) is 4.16. The lowest BCUT2D eigenvalue weighted by Crippen LogP contribution is -2.03. The highest BCUT2D eigenvalue weighted by molar-refractivity contribution is 5.95. The maximum absolute atomic E-state index is 12.5. The molecule has 1 N–H and O–H groups in total. The molecule has 2 aromatic carbocycles. The number of H-pyrrole nitrogens is 1. The summed E-state index contributed by atoms with van der Waals surface area (Å²) in [5, 5.41) is 1.00. The van der Waals surface area contributed by atoms with Crippen LogP contribution in [0.5, 0.6) is 0 Å². The molecule has 0 fully saturated rings. The number of aromatic amines is 1. The number of fused-ring (bicyclic) bond motifs is 1.